The predicted molar refractivity (Wildman–Crippen MR) is 170 cm³/mol. The van der Waals surface area contributed by atoms with Crippen LogP contribution in [0.5, 0.6) is 0 Å². The molecule has 3 atom stereocenters. The van der Waals surface area contributed by atoms with E-state index in [0.29, 0.717) is 5.56 Å². The van der Waals surface area contributed by atoms with Crippen LogP contribution in [0, 0.1) is 17.2 Å². The summed E-state index contributed by atoms with van der Waals surface area (Å²) in [5.74, 6) is -0.704. The van der Waals surface area contributed by atoms with E-state index in [1.165, 1.54) is 13.0 Å². The molecule has 1 aromatic heterocycles. The maximum Gasteiger partial charge on any atom is 0.412 e. The van der Waals surface area contributed by atoms with E-state index in [1.54, 1.807) is 29.6 Å². The number of carbonyl (C=O) groups is 2. The van der Waals surface area contributed by atoms with Gasteiger partial charge in [-0.3, -0.25) is 9.69 Å². The van der Waals surface area contributed by atoms with Crippen LogP contribution in [0.25, 0.3) is 10.8 Å². The maximum absolute atomic E-state index is 14.2. The van der Waals surface area contributed by atoms with E-state index in [1.807, 2.05) is 54.6 Å². The molecule has 0 radical (unpaired) electrons. The molecular weight excluding hydrogens is 562 g/mol. The second-order valence-electron chi connectivity index (χ2n) is 10.6. The van der Waals surface area contributed by atoms with E-state index in [9.17, 15) is 14.9 Å². The van der Waals surface area contributed by atoms with Crippen LogP contribution in [-0.2, 0) is 22.5 Å². The fraction of sp³-hybridized carbons (Fsp3) is 0.294. The van der Waals surface area contributed by atoms with Crippen LogP contribution in [0.2, 0.25) is 0 Å². The number of rotatable bonds is 12. The van der Waals surface area contributed by atoms with Crippen molar-refractivity contribution in [3.8, 4) is 6.07 Å². The summed E-state index contributed by atoms with van der Waals surface area (Å²) in [6.45, 7) is 9.54. The topological polar surface area (TPSA) is 111 Å². The Bertz CT molecular complexity index is 1560. The summed E-state index contributed by atoms with van der Waals surface area (Å²) < 4.78 is 5.73. The fourth-order valence-corrected chi connectivity index (χ4v) is 5.76. The lowest BCUT2D eigenvalue weighted by molar-refractivity contribution is -0.124. The summed E-state index contributed by atoms with van der Waals surface area (Å²) in [5, 5.41) is 14.7. The van der Waals surface area contributed by atoms with E-state index < -0.39 is 17.7 Å². The number of imidazole rings is 1. The lowest BCUT2D eigenvalue weighted by atomic mass is 9.74. The van der Waals surface area contributed by atoms with Crippen LogP contribution >= 0.6 is 12.4 Å². The molecule has 0 fully saturated rings. The zero-order valence-corrected chi connectivity index (χ0v) is 25.6. The molecule has 4 aromatic rings. The van der Waals surface area contributed by atoms with Crippen LogP contribution in [0.4, 0.5) is 4.79 Å². The highest BCUT2D eigenvalue weighted by molar-refractivity contribution is 5.86. The van der Waals surface area contributed by atoms with Crippen molar-refractivity contribution in [3.05, 3.63) is 114 Å². The van der Waals surface area contributed by atoms with Crippen molar-refractivity contribution >= 4 is 35.2 Å². The van der Waals surface area contributed by atoms with Gasteiger partial charge in [0, 0.05) is 31.2 Å². The lowest BCUT2D eigenvalue weighted by Crippen LogP contribution is -2.67. The van der Waals surface area contributed by atoms with Crippen LogP contribution in [0.15, 0.2) is 91.9 Å². The monoisotopic (exact) mass is 599 g/mol. The van der Waals surface area contributed by atoms with Gasteiger partial charge in [0.15, 0.2) is 0 Å². The Morgan fingerprint density at radius 3 is 2.51 bits per heavy atom. The van der Waals surface area contributed by atoms with Crippen molar-refractivity contribution in [2.75, 3.05) is 6.61 Å². The second kappa shape index (κ2) is 15.0. The summed E-state index contributed by atoms with van der Waals surface area (Å²) >= 11 is 0. The summed E-state index contributed by atoms with van der Waals surface area (Å²) in [5.41, 5.74) is 1.76. The van der Waals surface area contributed by atoms with Gasteiger partial charge in [0.05, 0.1) is 24.5 Å². The molecule has 43 heavy (non-hydrogen) atoms. The summed E-state index contributed by atoms with van der Waals surface area (Å²) in [6.07, 6.45) is 5.31. The maximum atomic E-state index is 14.2. The number of nitrogens with zero attached hydrogens (tertiary/aromatic N) is 3. The average molecular weight is 600 g/mol. The zero-order chi connectivity index (χ0) is 30.1. The molecular formula is C34H38ClN5O3. The first-order valence-electron chi connectivity index (χ1n) is 14.1. The summed E-state index contributed by atoms with van der Waals surface area (Å²) in [7, 11) is 0. The molecule has 0 aliphatic heterocycles. The van der Waals surface area contributed by atoms with E-state index >= 15 is 0 Å². The van der Waals surface area contributed by atoms with Crippen LogP contribution in [-0.4, -0.2) is 39.1 Å². The first-order valence-corrected chi connectivity index (χ1v) is 14.1. The molecule has 224 valence electrons. The van der Waals surface area contributed by atoms with E-state index in [0.717, 1.165) is 34.0 Å². The fourth-order valence-electron chi connectivity index (χ4n) is 5.76. The first-order chi connectivity index (χ1) is 20.3. The molecule has 0 bridgehead atoms. The Kier molecular flexibility index (Phi) is 11.5. The number of amides is 2. The highest BCUT2D eigenvalue weighted by Crippen LogP contribution is 2.42. The van der Waals surface area contributed by atoms with Gasteiger partial charge in [-0.15, -0.1) is 12.4 Å². The van der Waals surface area contributed by atoms with Crippen molar-refractivity contribution in [2.24, 2.45) is 5.92 Å². The van der Waals surface area contributed by atoms with Gasteiger partial charge in [0.25, 0.3) is 0 Å². The van der Waals surface area contributed by atoms with Gasteiger partial charge in [-0.2, -0.15) is 5.26 Å². The molecule has 3 aromatic carbocycles. The Hall–Kier alpha value is -4.61. The molecule has 2 amide bonds. The second-order valence-corrected chi connectivity index (χ2v) is 10.6. The summed E-state index contributed by atoms with van der Waals surface area (Å²) in [4.78, 5) is 36.6. The standard InChI is InChI=1S/C34H37N5O3.ClH/c1-5-18-42-33(41)39(22-29-12-9-11-28-10-7-8-13-30(28)29)34(38-25(4)40,19-26-14-16-27(20-35)17-15-26)32(24(3)6-2)31-21-36-23-37-31;/h5,7-17,21,23-24,32H,1,6,18-19,22H2,2-4H3,(H,36,37)(H,38,40);1H/t24-,32-,34?;/m0./s1. The Labute approximate surface area is 259 Å². The SMILES string of the molecule is C=CCOC(=O)N(Cc1cccc2ccccc12)C(Cc1ccc(C#N)cc1)(NC(C)=O)[C@H](c1cnc[nH]1)[C@@H](C)CC.Cl. The molecule has 4 rings (SSSR count). The van der Waals surface area contributed by atoms with Crippen molar-refractivity contribution in [3.63, 3.8) is 0 Å². The number of carbonyl (C=O) groups excluding carboxylic acids is 2. The zero-order valence-electron chi connectivity index (χ0n) is 24.7. The number of halogens is 1. The lowest BCUT2D eigenvalue weighted by Gasteiger charge is -2.50. The number of aromatic nitrogens is 2. The van der Waals surface area contributed by atoms with Gasteiger partial charge in [-0.05, 0) is 39.9 Å². The molecule has 1 unspecified atom stereocenters. The third-order valence-electron chi connectivity index (χ3n) is 7.77. The Balaban J connectivity index is 0.00000506. The highest BCUT2D eigenvalue weighted by atomic mass is 35.5. The molecule has 0 aliphatic rings. The molecule has 9 heteroatoms. The van der Waals surface area contributed by atoms with Crippen molar-refractivity contribution in [1.29, 1.82) is 5.26 Å². The minimum atomic E-state index is -1.29. The number of nitrogens with one attached hydrogen (secondary N) is 2. The average Bonchev–Trinajstić information content (AvgIpc) is 3.52. The van der Waals surface area contributed by atoms with Crippen LogP contribution < -0.4 is 5.32 Å². The van der Waals surface area contributed by atoms with Gasteiger partial charge in [0.2, 0.25) is 5.91 Å². The van der Waals surface area contributed by atoms with Gasteiger partial charge in [-0.1, -0.05) is 87.5 Å². The third kappa shape index (κ3) is 7.43. The van der Waals surface area contributed by atoms with Gasteiger partial charge >= 0.3 is 6.09 Å². The quantitative estimate of drug-likeness (QED) is 0.136. The molecule has 0 spiro atoms. The number of hydrogen-bond donors (Lipinski definition) is 2. The van der Waals surface area contributed by atoms with E-state index in [-0.39, 0.29) is 43.8 Å². The van der Waals surface area contributed by atoms with Crippen molar-refractivity contribution < 1.29 is 14.3 Å². The van der Waals surface area contributed by atoms with E-state index in [2.05, 4.69) is 41.8 Å². The highest BCUT2D eigenvalue weighted by Gasteiger charge is 2.51. The Morgan fingerprint density at radius 2 is 1.88 bits per heavy atom. The first kappa shape index (κ1) is 32.9. The molecule has 8 nitrogen and oxygen atoms in total. The minimum Gasteiger partial charge on any atom is -0.445 e. The molecule has 0 aliphatic carbocycles. The minimum absolute atomic E-state index is 0. The number of aromatic amines is 1. The van der Waals surface area contributed by atoms with Crippen molar-refractivity contribution in [1.82, 2.24) is 20.2 Å². The number of H-pyrrole nitrogens is 1. The molecule has 2 N–H and O–H groups in total. The molecule has 0 saturated heterocycles. The van der Waals surface area contributed by atoms with Crippen LogP contribution in [0.3, 0.4) is 0 Å². The Morgan fingerprint density at radius 1 is 1.16 bits per heavy atom. The molecule has 0 saturated carbocycles. The number of hydrogen-bond acceptors (Lipinski definition) is 5. The number of ether oxygens (including phenoxy) is 1. The normalized spacial score (nSPS) is 13.4. The molecule has 1 heterocycles. The smallest absolute Gasteiger partial charge is 0.412 e. The van der Waals surface area contributed by atoms with Gasteiger partial charge < -0.3 is 15.0 Å². The number of nitriles is 1. The van der Waals surface area contributed by atoms with E-state index in [4.69, 9.17) is 4.74 Å². The number of fused-ring (bicyclic) bond motifs is 1. The van der Waals surface area contributed by atoms with Crippen LogP contribution in [0.1, 0.15) is 55.5 Å². The largest absolute Gasteiger partial charge is 0.445 e. The number of benzene rings is 3. The van der Waals surface area contributed by atoms with Gasteiger partial charge in [0.1, 0.15) is 12.3 Å². The van der Waals surface area contributed by atoms with Crippen molar-refractivity contribution in [2.45, 2.75) is 51.7 Å². The predicted octanol–water partition coefficient (Wildman–Crippen LogP) is 6.89. The third-order valence-corrected chi connectivity index (χ3v) is 7.77. The van der Waals surface area contributed by atoms with Gasteiger partial charge in [-0.25, -0.2) is 9.78 Å². The summed E-state index contributed by atoms with van der Waals surface area (Å²) in [6, 6.07) is 23.4.